The van der Waals surface area contributed by atoms with Crippen molar-refractivity contribution in [3.63, 3.8) is 0 Å². The number of aromatic nitrogens is 2. The largest absolute Gasteiger partial charge is 0.348 e. The van der Waals surface area contributed by atoms with E-state index in [9.17, 15) is 13.2 Å². The first kappa shape index (κ1) is 17.6. The van der Waals surface area contributed by atoms with Crippen molar-refractivity contribution >= 4 is 16.0 Å². The van der Waals surface area contributed by atoms with Gasteiger partial charge in [-0.15, -0.1) is 0 Å². The minimum atomic E-state index is -3.43. The predicted octanol–water partition coefficient (Wildman–Crippen LogP) is 0.766. The quantitative estimate of drug-likeness (QED) is 0.868. The summed E-state index contributed by atoms with van der Waals surface area (Å²) in [6.45, 7) is 0.639. The summed E-state index contributed by atoms with van der Waals surface area (Å²) in [5.41, 5.74) is 1.85. The van der Waals surface area contributed by atoms with Gasteiger partial charge in [-0.3, -0.25) is 9.78 Å². The van der Waals surface area contributed by atoms with Crippen LogP contribution in [-0.4, -0.2) is 49.9 Å². The lowest BCUT2D eigenvalue weighted by Gasteiger charge is -2.19. The molecule has 1 aliphatic heterocycles. The molecule has 8 heteroatoms. The van der Waals surface area contributed by atoms with Gasteiger partial charge in [-0.2, -0.15) is 0 Å². The molecule has 3 rings (SSSR count). The van der Waals surface area contributed by atoms with E-state index < -0.39 is 10.0 Å². The summed E-state index contributed by atoms with van der Waals surface area (Å²) in [4.78, 5) is 21.3. The van der Waals surface area contributed by atoms with Gasteiger partial charge in [0.05, 0.1) is 11.4 Å². The van der Waals surface area contributed by atoms with E-state index in [2.05, 4.69) is 9.97 Å². The number of sulfonamides is 1. The molecule has 1 aromatic carbocycles. The molecule has 134 valence electrons. The molecule has 0 bridgehead atoms. The number of fused-ring (bicyclic) bond motifs is 1. The molecule has 0 amide bonds. The average molecular weight is 362 g/mol. The fourth-order valence-corrected chi connectivity index (χ4v) is 4.48. The Hall–Kier alpha value is -2.19. The summed E-state index contributed by atoms with van der Waals surface area (Å²) in [5.74, 6) is 0.459. The van der Waals surface area contributed by atoms with Crippen LogP contribution in [0.1, 0.15) is 16.8 Å². The first-order chi connectivity index (χ1) is 11.9. The third-order valence-electron chi connectivity index (χ3n) is 4.31. The van der Waals surface area contributed by atoms with Crippen molar-refractivity contribution in [3.8, 4) is 0 Å². The number of hydrogen-bond acceptors (Lipinski definition) is 5. The van der Waals surface area contributed by atoms with Crippen LogP contribution in [0.5, 0.6) is 0 Å². The molecule has 0 unspecified atom stereocenters. The molecule has 1 aromatic heterocycles. The topological polar surface area (TPSA) is 86.4 Å². The molecular weight excluding hydrogens is 340 g/mol. The number of rotatable bonds is 4. The highest BCUT2D eigenvalue weighted by atomic mass is 32.2. The number of H-pyrrole nitrogens is 1. The Bertz CT molecular complexity index is 907. The predicted molar refractivity (Wildman–Crippen MR) is 97.2 cm³/mol. The molecule has 25 heavy (non-hydrogen) atoms. The summed E-state index contributed by atoms with van der Waals surface area (Å²) in [6, 6.07) is 9.13. The van der Waals surface area contributed by atoms with Crippen molar-refractivity contribution in [2.24, 2.45) is 0 Å². The molecule has 2 heterocycles. The monoisotopic (exact) mass is 362 g/mol. The van der Waals surface area contributed by atoms with E-state index >= 15 is 0 Å². The van der Waals surface area contributed by atoms with Crippen LogP contribution < -0.4 is 10.5 Å². The average Bonchev–Trinajstić information content (AvgIpc) is 2.78. The minimum absolute atomic E-state index is 0.0308. The fraction of sp³-hybridized carbons (Fsp3) is 0.412. The molecule has 0 radical (unpaired) electrons. The molecule has 0 spiro atoms. The Morgan fingerprint density at radius 2 is 1.84 bits per heavy atom. The highest BCUT2D eigenvalue weighted by Gasteiger charge is 2.27. The second kappa shape index (κ2) is 6.97. The smallest absolute Gasteiger partial charge is 0.255 e. The maximum Gasteiger partial charge on any atom is 0.255 e. The Kier molecular flexibility index (Phi) is 4.91. The first-order valence-electron chi connectivity index (χ1n) is 8.18. The third-order valence-corrected chi connectivity index (χ3v) is 6.16. The number of hydrogen-bond donors (Lipinski definition) is 1. The van der Waals surface area contributed by atoms with Crippen molar-refractivity contribution in [1.29, 1.82) is 0 Å². The van der Waals surface area contributed by atoms with E-state index in [0.29, 0.717) is 43.1 Å². The standard InChI is InChI=1S/C17H22N4O3S/c1-20(2)17-18-15-9-11-21(10-8-14(15)16(22)19-17)25(23,24)12-13-6-4-3-5-7-13/h3-7H,8-12H2,1-2H3,(H,18,19,22). The maximum absolute atomic E-state index is 12.7. The van der Waals surface area contributed by atoms with Gasteiger partial charge < -0.3 is 4.90 Å². The van der Waals surface area contributed by atoms with Gasteiger partial charge >= 0.3 is 0 Å². The molecule has 1 aliphatic rings. The molecule has 7 nitrogen and oxygen atoms in total. The van der Waals surface area contributed by atoms with Crippen LogP contribution in [0.25, 0.3) is 0 Å². The third kappa shape index (κ3) is 3.91. The molecule has 0 fully saturated rings. The molecule has 0 aliphatic carbocycles. The Balaban J connectivity index is 1.82. The van der Waals surface area contributed by atoms with Gasteiger partial charge in [0.1, 0.15) is 0 Å². The SMILES string of the molecule is CN(C)c1nc2c(c(=O)[nH]1)CCN(S(=O)(=O)Cc1ccccc1)CC2. The summed E-state index contributed by atoms with van der Waals surface area (Å²) in [6.07, 6.45) is 0.813. The van der Waals surface area contributed by atoms with Crippen molar-refractivity contribution in [2.75, 3.05) is 32.1 Å². The molecule has 2 aromatic rings. The van der Waals surface area contributed by atoms with Gasteiger partial charge in [0.2, 0.25) is 16.0 Å². The zero-order valence-electron chi connectivity index (χ0n) is 14.4. The van der Waals surface area contributed by atoms with Crippen molar-refractivity contribution < 1.29 is 8.42 Å². The Morgan fingerprint density at radius 1 is 1.16 bits per heavy atom. The number of aromatic amines is 1. The van der Waals surface area contributed by atoms with Crippen molar-refractivity contribution in [2.45, 2.75) is 18.6 Å². The lowest BCUT2D eigenvalue weighted by Crippen LogP contribution is -2.34. The number of nitrogens with zero attached hydrogens (tertiary/aromatic N) is 3. The van der Waals surface area contributed by atoms with Gasteiger partial charge in [-0.25, -0.2) is 17.7 Å². The van der Waals surface area contributed by atoms with E-state index in [1.54, 1.807) is 31.1 Å². The molecule has 0 saturated heterocycles. The van der Waals surface area contributed by atoms with Crippen LogP contribution in [0, 0.1) is 0 Å². The Labute approximate surface area is 147 Å². The summed E-state index contributed by atoms with van der Waals surface area (Å²) in [7, 11) is 0.173. The van der Waals surface area contributed by atoms with E-state index in [4.69, 9.17) is 0 Å². The summed E-state index contributed by atoms with van der Waals surface area (Å²) >= 11 is 0. The van der Waals surface area contributed by atoms with E-state index in [1.807, 2.05) is 18.2 Å². The van der Waals surface area contributed by atoms with E-state index in [1.165, 1.54) is 4.31 Å². The number of nitrogens with one attached hydrogen (secondary N) is 1. The van der Waals surface area contributed by atoms with Crippen LogP contribution in [0.2, 0.25) is 0 Å². The van der Waals surface area contributed by atoms with Crippen LogP contribution in [-0.2, 0) is 28.6 Å². The molecule has 1 N–H and O–H groups in total. The van der Waals surface area contributed by atoms with Crippen LogP contribution in [0.4, 0.5) is 5.95 Å². The minimum Gasteiger partial charge on any atom is -0.348 e. The number of anilines is 1. The number of benzene rings is 1. The van der Waals surface area contributed by atoms with Crippen molar-refractivity contribution in [1.82, 2.24) is 14.3 Å². The van der Waals surface area contributed by atoms with Gasteiger partial charge in [0.15, 0.2) is 0 Å². The highest BCUT2D eigenvalue weighted by molar-refractivity contribution is 7.88. The van der Waals surface area contributed by atoms with Gasteiger partial charge in [0.25, 0.3) is 5.56 Å². The summed E-state index contributed by atoms with van der Waals surface area (Å²) < 4.78 is 26.9. The van der Waals surface area contributed by atoms with Gasteiger partial charge in [0, 0.05) is 39.2 Å². The molecule has 0 saturated carbocycles. The molecular formula is C17H22N4O3S. The van der Waals surface area contributed by atoms with Crippen LogP contribution >= 0.6 is 0 Å². The fourth-order valence-electron chi connectivity index (χ4n) is 2.94. The first-order valence-corrected chi connectivity index (χ1v) is 9.79. The highest BCUT2D eigenvalue weighted by Crippen LogP contribution is 2.17. The zero-order valence-corrected chi connectivity index (χ0v) is 15.2. The lowest BCUT2D eigenvalue weighted by molar-refractivity contribution is 0.425. The van der Waals surface area contributed by atoms with Crippen LogP contribution in [0.3, 0.4) is 0 Å². The van der Waals surface area contributed by atoms with Gasteiger partial charge in [-0.1, -0.05) is 30.3 Å². The van der Waals surface area contributed by atoms with Gasteiger partial charge in [-0.05, 0) is 12.0 Å². The second-order valence-corrected chi connectivity index (χ2v) is 8.32. The van der Waals surface area contributed by atoms with E-state index in [-0.39, 0.29) is 11.3 Å². The maximum atomic E-state index is 12.7. The van der Waals surface area contributed by atoms with E-state index in [0.717, 1.165) is 5.56 Å². The lowest BCUT2D eigenvalue weighted by atomic mass is 10.1. The molecule has 0 atom stereocenters. The normalized spacial score (nSPS) is 15.4. The second-order valence-electron chi connectivity index (χ2n) is 6.35. The van der Waals surface area contributed by atoms with Crippen molar-refractivity contribution in [3.05, 3.63) is 57.5 Å². The summed E-state index contributed by atoms with van der Waals surface area (Å²) in [5, 5.41) is 0. The van der Waals surface area contributed by atoms with Crippen LogP contribution in [0.15, 0.2) is 35.1 Å². The Morgan fingerprint density at radius 3 is 2.52 bits per heavy atom. The zero-order chi connectivity index (χ0) is 18.0.